The summed E-state index contributed by atoms with van der Waals surface area (Å²) >= 11 is 0. The molecule has 1 aromatic carbocycles. The van der Waals surface area contributed by atoms with Crippen LogP contribution in [-0.4, -0.2) is 36.2 Å². The van der Waals surface area contributed by atoms with Gasteiger partial charge in [-0.15, -0.1) is 0 Å². The van der Waals surface area contributed by atoms with Gasteiger partial charge in [0.2, 0.25) is 0 Å². The number of nitrogens with two attached hydrogens (primary N) is 1. The third-order valence-electron chi connectivity index (χ3n) is 3.12. The Labute approximate surface area is 148 Å². The Hall–Kier alpha value is -2.43. The summed E-state index contributed by atoms with van der Waals surface area (Å²) in [6.45, 7) is 0.752. The van der Waals surface area contributed by atoms with Gasteiger partial charge in [-0.2, -0.15) is 18.7 Å². The van der Waals surface area contributed by atoms with Crippen LogP contribution in [0.3, 0.4) is 0 Å². The molecule has 0 heterocycles. The normalized spacial score (nSPS) is 13.8. The molecule has 0 spiro atoms. The van der Waals surface area contributed by atoms with Crippen molar-refractivity contribution >= 4 is 11.7 Å². The van der Waals surface area contributed by atoms with Crippen molar-refractivity contribution in [3.63, 3.8) is 0 Å². The number of benzene rings is 1. The Bertz CT molecular complexity index is 631. The molecular weight excluding hydrogens is 353 g/mol. The number of aliphatic imine (C=N–C) groups is 1. The number of alkyl halides is 3. The van der Waals surface area contributed by atoms with Gasteiger partial charge in [-0.25, -0.2) is 4.79 Å². The highest BCUT2D eigenvalue weighted by atomic mass is 19.4. The number of ether oxygens (including phenoxy) is 1. The Kier molecular flexibility index (Phi) is 8.76. The minimum Gasteiger partial charge on any atom is -0.461 e. The molecule has 1 rings (SSSR count). The van der Waals surface area contributed by atoms with Crippen LogP contribution in [0.15, 0.2) is 41.5 Å². The molecule has 0 amide bonds. The second kappa shape index (κ2) is 10.5. The Morgan fingerprint density at radius 2 is 2.04 bits per heavy atom. The largest absolute Gasteiger partial charge is 0.461 e. The van der Waals surface area contributed by atoms with E-state index in [1.807, 2.05) is 0 Å². The van der Waals surface area contributed by atoms with Crippen molar-refractivity contribution in [3.8, 4) is 0 Å². The minimum atomic E-state index is -4.40. The van der Waals surface area contributed by atoms with Crippen LogP contribution in [-0.2, 0) is 16.1 Å². The molecular formula is C16H21F3N4O3. The summed E-state index contributed by atoms with van der Waals surface area (Å²) in [6.07, 6.45) is -2.99. The molecule has 5 N–H and O–H groups in total. The molecule has 0 radical (unpaired) electrons. The quantitative estimate of drug-likeness (QED) is 0.227. The first kappa shape index (κ1) is 21.6. The number of nitrogens with zero attached hydrogens (tertiary/aromatic N) is 1. The van der Waals surface area contributed by atoms with Crippen molar-refractivity contribution in [1.29, 1.82) is 0 Å². The second-order valence-electron chi connectivity index (χ2n) is 5.08. The number of hydrogen-bond acceptors (Lipinski definition) is 7. The van der Waals surface area contributed by atoms with E-state index < -0.39 is 24.9 Å². The van der Waals surface area contributed by atoms with Crippen LogP contribution >= 0.6 is 0 Å². The zero-order valence-electron chi connectivity index (χ0n) is 14.1. The van der Waals surface area contributed by atoms with E-state index in [9.17, 15) is 18.0 Å². The van der Waals surface area contributed by atoms with E-state index in [0.717, 1.165) is 0 Å². The van der Waals surface area contributed by atoms with Gasteiger partial charge in [0.15, 0.2) is 0 Å². The van der Waals surface area contributed by atoms with E-state index in [1.165, 1.54) is 24.4 Å². The van der Waals surface area contributed by atoms with Crippen molar-refractivity contribution in [2.24, 2.45) is 10.7 Å². The Morgan fingerprint density at radius 1 is 1.38 bits per heavy atom. The maximum atomic E-state index is 12.3. The number of nitrogens with one attached hydrogen (secondary N) is 2. The summed E-state index contributed by atoms with van der Waals surface area (Å²) in [6, 6.07) is 6.30. The van der Waals surface area contributed by atoms with Gasteiger partial charge in [0.25, 0.3) is 0 Å². The molecule has 0 saturated carbocycles. The summed E-state index contributed by atoms with van der Waals surface area (Å²) in [5.74, 6) is -0.605. The molecule has 1 atom stereocenters. The van der Waals surface area contributed by atoms with Gasteiger partial charge in [-0.3, -0.25) is 10.3 Å². The van der Waals surface area contributed by atoms with Gasteiger partial charge in [-0.1, -0.05) is 24.3 Å². The van der Waals surface area contributed by atoms with E-state index in [0.29, 0.717) is 11.1 Å². The zero-order valence-corrected chi connectivity index (χ0v) is 14.1. The van der Waals surface area contributed by atoms with E-state index >= 15 is 0 Å². The van der Waals surface area contributed by atoms with Crippen LogP contribution in [0.1, 0.15) is 24.2 Å². The van der Waals surface area contributed by atoms with Crippen molar-refractivity contribution in [2.45, 2.75) is 25.8 Å². The highest BCUT2D eigenvalue weighted by molar-refractivity contribution is 6.41. The first-order chi connectivity index (χ1) is 12.3. The summed E-state index contributed by atoms with van der Waals surface area (Å²) in [5, 5.41) is 11.2. The standard InChI is InChI=1S/C16H21F3N4O3/c1-2-26-15(24)13(7-8-20)21-9-11-3-5-12(6-4-11)14(23-25)22-10-16(17,18)19/h3-8,14,22-23,25H,2,9-10,20H2,1H3. The highest BCUT2D eigenvalue weighted by Gasteiger charge is 2.28. The first-order valence-corrected chi connectivity index (χ1v) is 7.69. The lowest BCUT2D eigenvalue weighted by molar-refractivity contribution is -0.135. The molecule has 0 aromatic heterocycles. The predicted molar refractivity (Wildman–Crippen MR) is 89.3 cm³/mol. The van der Waals surface area contributed by atoms with Crippen molar-refractivity contribution in [1.82, 2.24) is 10.8 Å². The van der Waals surface area contributed by atoms with Gasteiger partial charge in [0, 0.05) is 0 Å². The average molecular weight is 374 g/mol. The summed E-state index contributed by atoms with van der Waals surface area (Å²) in [5.41, 5.74) is 8.21. The fourth-order valence-corrected chi connectivity index (χ4v) is 1.93. The van der Waals surface area contributed by atoms with Crippen LogP contribution in [0.4, 0.5) is 13.2 Å². The fourth-order valence-electron chi connectivity index (χ4n) is 1.93. The molecule has 0 saturated heterocycles. The lowest BCUT2D eigenvalue weighted by atomic mass is 10.1. The van der Waals surface area contributed by atoms with Crippen molar-refractivity contribution in [3.05, 3.63) is 47.7 Å². The smallest absolute Gasteiger partial charge is 0.401 e. The van der Waals surface area contributed by atoms with Gasteiger partial charge in [0.05, 0.1) is 19.7 Å². The molecule has 1 aromatic rings. The zero-order chi connectivity index (χ0) is 19.6. The molecule has 7 nitrogen and oxygen atoms in total. The third kappa shape index (κ3) is 7.64. The van der Waals surface area contributed by atoms with Gasteiger partial charge >= 0.3 is 12.1 Å². The molecule has 0 bridgehead atoms. The minimum absolute atomic E-state index is 0.0557. The predicted octanol–water partition coefficient (Wildman–Crippen LogP) is 1.79. The van der Waals surface area contributed by atoms with Crippen LogP contribution in [0.25, 0.3) is 0 Å². The van der Waals surface area contributed by atoms with Crippen LogP contribution in [0.2, 0.25) is 0 Å². The fraction of sp³-hybridized carbons (Fsp3) is 0.375. The van der Waals surface area contributed by atoms with Gasteiger partial charge < -0.3 is 15.7 Å². The number of rotatable bonds is 9. The molecule has 144 valence electrons. The lowest BCUT2D eigenvalue weighted by Gasteiger charge is -2.18. The average Bonchev–Trinajstić information content (AvgIpc) is 2.59. The number of hydrogen-bond donors (Lipinski definition) is 4. The summed E-state index contributed by atoms with van der Waals surface area (Å²) < 4.78 is 41.6. The highest BCUT2D eigenvalue weighted by Crippen LogP contribution is 2.16. The van der Waals surface area contributed by atoms with E-state index in [1.54, 1.807) is 24.5 Å². The molecule has 1 unspecified atom stereocenters. The molecule has 26 heavy (non-hydrogen) atoms. The van der Waals surface area contributed by atoms with Gasteiger partial charge in [0.1, 0.15) is 11.9 Å². The number of esters is 1. The lowest BCUT2D eigenvalue weighted by Crippen LogP contribution is -2.38. The number of carbonyl (C=O) groups excluding carboxylic acids is 1. The SMILES string of the molecule is CCOC(=O)C(C=CN)=NCc1ccc(C(NO)NCC(F)(F)F)cc1. The van der Waals surface area contributed by atoms with Crippen molar-refractivity contribution in [2.75, 3.05) is 13.2 Å². The van der Waals surface area contributed by atoms with Crippen molar-refractivity contribution < 1.29 is 27.9 Å². The van der Waals surface area contributed by atoms with E-state index in [4.69, 9.17) is 15.7 Å². The number of hydroxylamine groups is 1. The topological polar surface area (TPSA) is 109 Å². The molecule has 0 aliphatic heterocycles. The number of halogens is 3. The molecule has 0 fully saturated rings. The molecule has 0 aliphatic rings. The van der Waals surface area contributed by atoms with E-state index in [-0.39, 0.29) is 18.9 Å². The summed E-state index contributed by atoms with van der Waals surface area (Å²) in [7, 11) is 0. The maximum Gasteiger partial charge on any atom is 0.401 e. The van der Waals surface area contributed by atoms with Crippen LogP contribution in [0, 0.1) is 0 Å². The Morgan fingerprint density at radius 3 is 2.54 bits per heavy atom. The summed E-state index contributed by atoms with van der Waals surface area (Å²) in [4.78, 5) is 15.8. The van der Waals surface area contributed by atoms with Gasteiger partial charge in [-0.05, 0) is 30.3 Å². The Balaban J connectivity index is 2.79. The molecule has 0 aliphatic carbocycles. The second-order valence-corrected chi connectivity index (χ2v) is 5.08. The monoisotopic (exact) mass is 374 g/mol. The maximum absolute atomic E-state index is 12.3. The third-order valence-corrected chi connectivity index (χ3v) is 3.12. The number of carbonyl (C=O) groups is 1. The van der Waals surface area contributed by atoms with Crippen LogP contribution in [0.5, 0.6) is 0 Å². The van der Waals surface area contributed by atoms with E-state index in [2.05, 4.69) is 10.3 Å². The first-order valence-electron chi connectivity index (χ1n) is 7.69. The molecule has 10 heteroatoms. The van der Waals surface area contributed by atoms with Crippen LogP contribution < -0.4 is 16.5 Å².